The molecular formula is C18H16N2O6. The van der Waals surface area contributed by atoms with Crippen LogP contribution < -0.4 is 20.1 Å². The van der Waals surface area contributed by atoms with Crippen molar-refractivity contribution in [2.24, 2.45) is 0 Å². The quantitative estimate of drug-likeness (QED) is 0.794. The topological polar surface area (TPSA) is 99.0 Å². The monoisotopic (exact) mass is 356 g/mol. The fraction of sp³-hybridized carbons (Fsp3) is 0.222. The molecule has 26 heavy (non-hydrogen) atoms. The van der Waals surface area contributed by atoms with Gasteiger partial charge in [-0.05, 0) is 29.8 Å². The first-order valence-electron chi connectivity index (χ1n) is 8.04. The van der Waals surface area contributed by atoms with Crippen LogP contribution in [-0.4, -0.2) is 24.8 Å². The highest BCUT2D eigenvalue weighted by Crippen LogP contribution is 2.32. The average molecular weight is 356 g/mol. The number of fused-ring (bicyclic) bond motifs is 1. The summed E-state index contributed by atoms with van der Waals surface area (Å²) < 4.78 is 21.2. The number of ether oxygens (including phenoxy) is 3. The number of urea groups is 1. The molecule has 0 aliphatic carbocycles. The molecule has 2 N–H and O–H groups in total. The largest absolute Gasteiger partial charge is 0.469 e. The summed E-state index contributed by atoms with van der Waals surface area (Å²) in [5.74, 6) is 1.43. The van der Waals surface area contributed by atoms with Gasteiger partial charge >= 0.3 is 12.0 Å². The van der Waals surface area contributed by atoms with Gasteiger partial charge in [0.2, 0.25) is 6.79 Å². The number of hydrogen-bond donors (Lipinski definition) is 2. The summed E-state index contributed by atoms with van der Waals surface area (Å²) in [7, 11) is 0. The Morgan fingerprint density at radius 3 is 2.96 bits per heavy atom. The summed E-state index contributed by atoms with van der Waals surface area (Å²) in [6, 6.07) is 7.96. The predicted molar refractivity (Wildman–Crippen MR) is 88.3 cm³/mol. The number of carbonyl (C=O) groups is 2. The van der Waals surface area contributed by atoms with Crippen LogP contribution in [0, 0.1) is 0 Å². The van der Waals surface area contributed by atoms with Crippen LogP contribution in [0.5, 0.6) is 11.5 Å². The van der Waals surface area contributed by atoms with Gasteiger partial charge in [-0.2, -0.15) is 0 Å². The Kier molecular flexibility index (Phi) is 4.22. The molecule has 4 rings (SSSR count). The Morgan fingerprint density at radius 1 is 1.23 bits per heavy atom. The fourth-order valence-corrected chi connectivity index (χ4v) is 2.78. The van der Waals surface area contributed by atoms with Crippen molar-refractivity contribution in [1.29, 1.82) is 0 Å². The molecule has 2 aliphatic rings. The van der Waals surface area contributed by atoms with Gasteiger partial charge in [0.05, 0.1) is 17.9 Å². The van der Waals surface area contributed by atoms with Gasteiger partial charge in [-0.25, -0.2) is 9.59 Å². The SMILES string of the molecule is O=C1NC=C(C(=O)OCc2ccc3c(c2)OCO3)C(Cc2ccco2)N1. The Hall–Kier alpha value is -3.42. The Balaban J connectivity index is 1.42. The molecule has 2 amide bonds. The maximum atomic E-state index is 12.5. The third-order valence-electron chi connectivity index (χ3n) is 4.07. The van der Waals surface area contributed by atoms with E-state index in [4.69, 9.17) is 18.6 Å². The second kappa shape index (κ2) is 6.83. The minimum absolute atomic E-state index is 0.0776. The molecule has 2 aromatic rings. The highest BCUT2D eigenvalue weighted by Gasteiger charge is 2.28. The number of rotatable bonds is 5. The van der Waals surface area contributed by atoms with Crippen LogP contribution in [0.3, 0.4) is 0 Å². The summed E-state index contributed by atoms with van der Waals surface area (Å²) in [5.41, 5.74) is 1.10. The van der Waals surface area contributed by atoms with Crippen molar-refractivity contribution in [1.82, 2.24) is 10.6 Å². The predicted octanol–water partition coefficient (Wildman–Crippen LogP) is 1.86. The van der Waals surface area contributed by atoms with Crippen molar-refractivity contribution < 1.29 is 28.2 Å². The molecule has 8 heteroatoms. The molecule has 0 radical (unpaired) electrons. The number of furan rings is 1. The van der Waals surface area contributed by atoms with Crippen LogP contribution in [0.25, 0.3) is 0 Å². The van der Waals surface area contributed by atoms with Gasteiger partial charge in [-0.15, -0.1) is 0 Å². The van der Waals surface area contributed by atoms with Crippen LogP contribution in [-0.2, 0) is 22.6 Å². The number of esters is 1. The number of nitrogens with one attached hydrogen (secondary N) is 2. The summed E-state index contributed by atoms with van der Waals surface area (Å²) in [4.78, 5) is 24.1. The molecule has 1 atom stereocenters. The number of amides is 2. The van der Waals surface area contributed by atoms with Crippen LogP contribution in [0.15, 0.2) is 52.8 Å². The lowest BCUT2D eigenvalue weighted by Crippen LogP contribution is -2.48. The fourth-order valence-electron chi connectivity index (χ4n) is 2.78. The zero-order valence-corrected chi connectivity index (χ0v) is 13.7. The first-order valence-corrected chi connectivity index (χ1v) is 8.04. The van der Waals surface area contributed by atoms with Crippen molar-refractivity contribution in [3.05, 3.63) is 59.7 Å². The molecular weight excluding hydrogens is 340 g/mol. The Bertz CT molecular complexity index is 859. The van der Waals surface area contributed by atoms with Crippen LogP contribution >= 0.6 is 0 Å². The van der Waals surface area contributed by atoms with Gasteiger partial charge in [0.1, 0.15) is 12.4 Å². The first kappa shape index (κ1) is 16.1. The Labute approximate surface area is 148 Å². The minimum atomic E-state index is -0.529. The molecule has 0 bridgehead atoms. The molecule has 2 aliphatic heterocycles. The van der Waals surface area contributed by atoms with Gasteiger partial charge in [-0.1, -0.05) is 6.07 Å². The van der Waals surface area contributed by atoms with Crippen LogP contribution in [0.1, 0.15) is 11.3 Å². The van der Waals surface area contributed by atoms with E-state index in [1.807, 2.05) is 0 Å². The molecule has 1 unspecified atom stereocenters. The molecule has 1 aromatic carbocycles. The van der Waals surface area contributed by atoms with Crippen LogP contribution in [0.2, 0.25) is 0 Å². The van der Waals surface area contributed by atoms with E-state index in [9.17, 15) is 9.59 Å². The maximum Gasteiger partial charge on any atom is 0.337 e. The lowest BCUT2D eigenvalue weighted by atomic mass is 10.0. The number of hydrogen-bond acceptors (Lipinski definition) is 6. The third kappa shape index (κ3) is 3.34. The van der Waals surface area contributed by atoms with E-state index in [0.29, 0.717) is 29.3 Å². The maximum absolute atomic E-state index is 12.5. The van der Waals surface area contributed by atoms with E-state index in [-0.39, 0.29) is 19.4 Å². The number of carbonyl (C=O) groups excluding carboxylic acids is 2. The zero-order valence-electron chi connectivity index (χ0n) is 13.7. The van der Waals surface area contributed by atoms with E-state index in [1.54, 1.807) is 36.6 Å². The summed E-state index contributed by atoms with van der Waals surface area (Å²) in [5, 5.41) is 5.18. The third-order valence-corrected chi connectivity index (χ3v) is 4.07. The van der Waals surface area contributed by atoms with E-state index in [0.717, 1.165) is 5.56 Å². The normalized spacial score (nSPS) is 17.9. The van der Waals surface area contributed by atoms with Crippen LogP contribution in [0.4, 0.5) is 4.79 Å². The minimum Gasteiger partial charge on any atom is -0.469 e. The van der Waals surface area contributed by atoms with Gasteiger partial charge in [-0.3, -0.25) is 0 Å². The standard InChI is InChI=1S/C18H16N2O6/c21-17(24-9-11-3-4-15-16(6-11)26-10-25-15)13-8-19-18(22)20-14(13)7-12-2-1-5-23-12/h1-6,8,14H,7,9-10H2,(H2,19,20,22). The molecule has 3 heterocycles. The van der Waals surface area contributed by atoms with E-state index >= 15 is 0 Å². The lowest BCUT2D eigenvalue weighted by molar-refractivity contribution is -0.140. The lowest BCUT2D eigenvalue weighted by Gasteiger charge is -2.24. The molecule has 0 fully saturated rings. The second-order valence-electron chi connectivity index (χ2n) is 5.82. The van der Waals surface area contributed by atoms with Crippen molar-refractivity contribution in [2.75, 3.05) is 6.79 Å². The first-order chi connectivity index (χ1) is 12.7. The molecule has 0 spiro atoms. The zero-order chi connectivity index (χ0) is 17.9. The molecule has 134 valence electrons. The molecule has 8 nitrogen and oxygen atoms in total. The van der Waals surface area contributed by atoms with Gasteiger partial charge in [0, 0.05) is 12.6 Å². The Morgan fingerprint density at radius 2 is 2.12 bits per heavy atom. The van der Waals surface area contributed by atoms with Crippen molar-refractivity contribution >= 4 is 12.0 Å². The van der Waals surface area contributed by atoms with Crippen molar-refractivity contribution in [3.8, 4) is 11.5 Å². The molecule has 0 saturated carbocycles. The summed E-state index contributed by atoms with van der Waals surface area (Å²) in [6.07, 6.45) is 3.26. The highest BCUT2D eigenvalue weighted by molar-refractivity contribution is 5.93. The van der Waals surface area contributed by atoms with Gasteiger partial charge in [0.15, 0.2) is 11.5 Å². The van der Waals surface area contributed by atoms with E-state index in [2.05, 4.69) is 10.6 Å². The van der Waals surface area contributed by atoms with Gasteiger partial charge < -0.3 is 29.3 Å². The van der Waals surface area contributed by atoms with Crippen molar-refractivity contribution in [3.63, 3.8) is 0 Å². The van der Waals surface area contributed by atoms with Gasteiger partial charge in [0.25, 0.3) is 0 Å². The average Bonchev–Trinajstić information content (AvgIpc) is 3.31. The van der Waals surface area contributed by atoms with Crippen molar-refractivity contribution in [2.45, 2.75) is 19.1 Å². The second-order valence-corrected chi connectivity index (χ2v) is 5.82. The highest BCUT2D eigenvalue weighted by atomic mass is 16.7. The van der Waals surface area contributed by atoms with E-state index in [1.165, 1.54) is 6.20 Å². The van der Waals surface area contributed by atoms with E-state index < -0.39 is 12.0 Å². The summed E-state index contributed by atoms with van der Waals surface area (Å²) in [6.45, 7) is 0.263. The molecule has 0 saturated heterocycles. The summed E-state index contributed by atoms with van der Waals surface area (Å²) >= 11 is 0. The molecule has 1 aromatic heterocycles. The smallest absolute Gasteiger partial charge is 0.337 e. The number of benzene rings is 1.